The largest absolute Gasteiger partial charge is 0.493 e. The molecule has 1 amide bonds. The van der Waals surface area contributed by atoms with Gasteiger partial charge in [-0.2, -0.15) is 0 Å². The van der Waals surface area contributed by atoms with Crippen LogP contribution in [-0.4, -0.2) is 24.7 Å². The molecule has 0 unspecified atom stereocenters. The molecule has 3 rings (SSSR count). The van der Waals surface area contributed by atoms with Gasteiger partial charge in [-0.25, -0.2) is 0 Å². The molecule has 1 aliphatic heterocycles. The van der Waals surface area contributed by atoms with Gasteiger partial charge in [0, 0.05) is 12.0 Å². The number of hydrogen-bond acceptors (Lipinski definition) is 4. The maximum Gasteiger partial charge on any atom is 0.261 e. The molecule has 5 heteroatoms. The summed E-state index contributed by atoms with van der Waals surface area (Å²) in [6.07, 6.45) is 2.48. The molecule has 0 bridgehead atoms. The van der Waals surface area contributed by atoms with Crippen molar-refractivity contribution in [3.8, 4) is 17.2 Å². The van der Waals surface area contributed by atoms with E-state index in [1.807, 2.05) is 55.5 Å². The van der Waals surface area contributed by atoms with Crippen LogP contribution in [0.4, 0.5) is 0 Å². The molecule has 156 valence electrons. The third-order valence-electron chi connectivity index (χ3n) is 5.80. The van der Waals surface area contributed by atoms with Crippen LogP contribution in [0.15, 0.2) is 48.5 Å². The summed E-state index contributed by atoms with van der Waals surface area (Å²) in [4.78, 5) is 13.1. The summed E-state index contributed by atoms with van der Waals surface area (Å²) >= 11 is 0. The van der Waals surface area contributed by atoms with Gasteiger partial charge >= 0.3 is 0 Å². The number of benzene rings is 2. The van der Waals surface area contributed by atoms with Gasteiger partial charge in [0.05, 0.1) is 13.2 Å². The Morgan fingerprint density at radius 2 is 1.76 bits per heavy atom. The monoisotopic (exact) mass is 397 g/mol. The van der Waals surface area contributed by atoms with Gasteiger partial charge in [0.25, 0.3) is 5.91 Å². The number of carbonyl (C=O) groups is 1. The molecule has 1 N–H and O–H groups in total. The molecule has 1 aliphatic rings. The minimum absolute atomic E-state index is 0.109. The van der Waals surface area contributed by atoms with Gasteiger partial charge in [-0.15, -0.1) is 0 Å². The molecular formula is C24H31NO4. The number of hydrogen-bond donors (Lipinski definition) is 1. The van der Waals surface area contributed by atoms with E-state index >= 15 is 0 Å². The quantitative estimate of drug-likeness (QED) is 0.677. The Kier molecular flexibility index (Phi) is 6.68. The molecule has 0 saturated heterocycles. The Morgan fingerprint density at radius 1 is 1.10 bits per heavy atom. The molecule has 0 saturated carbocycles. The summed E-state index contributed by atoms with van der Waals surface area (Å²) in [7, 11) is 1.59. The van der Waals surface area contributed by atoms with Crippen LogP contribution in [0.1, 0.15) is 58.1 Å². The molecule has 2 atom stereocenters. The van der Waals surface area contributed by atoms with Gasteiger partial charge in [0.15, 0.2) is 17.6 Å². The maximum atomic E-state index is 13.1. The van der Waals surface area contributed by atoms with Gasteiger partial charge < -0.3 is 19.5 Å². The van der Waals surface area contributed by atoms with Crippen LogP contribution in [0.5, 0.6) is 17.2 Å². The first-order chi connectivity index (χ1) is 14.1. The van der Waals surface area contributed by atoms with Gasteiger partial charge in [-0.1, -0.05) is 51.1 Å². The summed E-state index contributed by atoms with van der Waals surface area (Å²) in [5.41, 5.74) is 0.753. The molecule has 29 heavy (non-hydrogen) atoms. The molecular weight excluding hydrogens is 366 g/mol. The van der Waals surface area contributed by atoms with Crippen LogP contribution < -0.4 is 19.5 Å². The van der Waals surface area contributed by atoms with Gasteiger partial charge in [0.2, 0.25) is 0 Å². The lowest BCUT2D eigenvalue weighted by Crippen LogP contribution is -2.47. The second kappa shape index (κ2) is 9.21. The summed E-state index contributed by atoms with van der Waals surface area (Å²) in [6, 6.07) is 15.2. The van der Waals surface area contributed by atoms with E-state index in [1.165, 1.54) is 0 Å². The number of methoxy groups -OCH3 is 1. The lowest BCUT2D eigenvalue weighted by molar-refractivity contribution is -0.129. The van der Waals surface area contributed by atoms with Crippen LogP contribution in [0.25, 0.3) is 0 Å². The van der Waals surface area contributed by atoms with Crippen molar-refractivity contribution in [2.45, 2.75) is 64.2 Å². The summed E-state index contributed by atoms with van der Waals surface area (Å²) < 4.78 is 17.7. The zero-order chi connectivity index (χ0) is 20.9. The minimum Gasteiger partial charge on any atom is -0.493 e. The van der Waals surface area contributed by atoms with E-state index in [-0.39, 0.29) is 17.6 Å². The van der Waals surface area contributed by atoms with Crippen LogP contribution >= 0.6 is 0 Å². The number of carbonyl (C=O) groups excluding carboxylic acids is 1. The van der Waals surface area contributed by atoms with E-state index in [0.717, 1.165) is 30.6 Å². The fourth-order valence-electron chi connectivity index (χ4n) is 3.89. The SMILES string of the molecule is CC[C@@H](Oc1ccccc1OC)C(=O)N[C@@H]1CC(CC)(CC)Oc2ccccc21. The minimum atomic E-state index is -0.598. The van der Waals surface area contributed by atoms with Crippen molar-refractivity contribution in [1.29, 1.82) is 0 Å². The molecule has 2 aromatic rings. The van der Waals surface area contributed by atoms with Crippen LogP contribution in [-0.2, 0) is 4.79 Å². The van der Waals surface area contributed by atoms with E-state index in [2.05, 4.69) is 19.2 Å². The number of amides is 1. The fraction of sp³-hybridized carbons (Fsp3) is 0.458. The predicted octanol–water partition coefficient (Wildman–Crippen LogP) is 5.05. The highest BCUT2D eigenvalue weighted by molar-refractivity contribution is 5.81. The molecule has 0 aromatic heterocycles. The first-order valence-electron chi connectivity index (χ1n) is 10.4. The number of fused-ring (bicyclic) bond motifs is 1. The predicted molar refractivity (Wildman–Crippen MR) is 114 cm³/mol. The van der Waals surface area contributed by atoms with Crippen molar-refractivity contribution in [1.82, 2.24) is 5.32 Å². The molecule has 0 radical (unpaired) electrons. The van der Waals surface area contributed by atoms with Gasteiger partial charge in [0.1, 0.15) is 11.4 Å². The standard InChI is InChI=1S/C24H31NO4/c1-5-19(28-22-15-11-10-14-21(22)27-4)23(26)25-18-16-24(6-2,7-3)29-20-13-9-8-12-17(18)20/h8-15,18-19H,5-7,16H2,1-4H3,(H,25,26)/t18-,19-/m1/s1. The van der Waals surface area contributed by atoms with Crippen LogP contribution in [0.2, 0.25) is 0 Å². The first kappa shape index (κ1) is 21.0. The van der Waals surface area contributed by atoms with Gasteiger partial charge in [-0.3, -0.25) is 4.79 Å². The molecule has 1 heterocycles. The lowest BCUT2D eigenvalue weighted by Gasteiger charge is -2.42. The third-order valence-corrected chi connectivity index (χ3v) is 5.80. The second-order valence-electron chi connectivity index (χ2n) is 7.46. The number of ether oxygens (including phenoxy) is 3. The molecule has 0 spiro atoms. The van der Waals surface area contributed by atoms with E-state index in [1.54, 1.807) is 7.11 Å². The Bertz CT molecular complexity index is 831. The molecule has 5 nitrogen and oxygen atoms in total. The van der Waals surface area contributed by atoms with E-state index < -0.39 is 6.10 Å². The topological polar surface area (TPSA) is 56.8 Å². The Hall–Kier alpha value is -2.69. The number of nitrogens with one attached hydrogen (secondary N) is 1. The maximum absolute atomic E-state index is 13.1. The Morgan fingerprint density at radius 3 is 2.41 bits per heavy atom. The Balaban J connectivity index is 1.80. The van der Waals surface area contributed by atoms with Crippen LogP contribution in [0.3, 0.4) is 0 Å². The highest BCUT2D eigenvalue weighted by Crippen LogP contribution is 2.42. The highest BCUT2D eigenvalue weighted by atomic mass is 16.5. The lowest BCUT2D eigenvalue weighted by atomic mass is 9.83. The van der Waals surface area contributed by atoms with Crippen molar-refractivity contribution < 1.29 is 19.0 Å². The zero-order valence-electron chi connectivity index (χ0n) is 17.7. The van der Waals surface area contributed by atoms with Gasteiger partial charge in [-0.05, 0) is 37.5 Å². The fourth-order valence-corrected chi connectivity index (χ4v) is 3.89. The van der Waals surface area contributed by atoms with Crippen molar-refractivity contribution in [3.05, 3.63) is 54.1 Å². The average Bonchev–Trinajstić information content (AvgIpc) is 2.77. The highest BCUT2D eigenvalue weighted by Gasteiger charge is 2.39. The summed E-state index contributed by atoms with van der Waals surface area (Å²) in [5, 5.41) is 3.22. The van der Waals surface area contributed by atoms with Crippen molar-refractivity contribution >= 4 is 5.91 Å². The van der Waals surface area contributed by atoms with Crippen LogP contribution in [0, 0.1) is 0 Å². The second-order valence-corrected chi connectivity index (χ2v) is 7.46. The number of para-hydroxylation sites is 3. The van der Waals surface area contributed by atoms with Crippen molar-refractivity contribution in [2.24, 2.45) is 0 Å². The molecule has 0 aliphatic carbocycles. The van der Waals surface area contributed by atoms with E-state index in [0.29, 0.717) is 17.9 Å². The van der Waals surface area contributed by atoms with Crippen molar-refractivity contribution in [2.75, 3.05) is 7.11 Å². The summed E-state index contributed by atoms with van der Waals surface area (Å²) in [6.45, 7) is 6.21. The summed E-state index contributed by atoms with van der Waals surface area (Å²) in [5.74, 6) is 1.92. The molecule has 0 fully saturated rings. The Labute approximate surface area is 173 Å². The van der Waals surface area contributed by atoms with E-state index in [9.17, 15) is 4.79 Å². The molecule has 2 aromatic carbocycles. The first-order valence-corrected chi connectivity index (χ1v) is 10.4. The number of rotatable bonds is 8. The smallest absolute Gasteiger partial charge is 0.261 e. The zero-order valence-corrected chi connectivity index (χ0v) is 17.7. The third kappa shape index (κ3) is 4.50. The van der Waals surface area contributed by atoms with Crippen molar-refractivity contribution in [3.63, 3.8) is 0 Å². The van der Waals surface area contributed by atoms with E-state index in [4.69, 9.17) is 14.2 Å². The average molecular weight is 398 g/mol. The normalized spacial score (nSPS) is 18.1.